The first kappa shape index (κ1) is 30.0. The standard InChI is InChI=1S/C27H28N2O4.C2HF3O2/c1-29(2)21-13-11-20(12-14-21)25-27(32-17-15-19-7-4-3-5-8-19)24(30)22-9-6-10-23(26(22)33-25)31-18-16-28;3-2(4,5)1(6)7/h3-14H,15-18,28H2,1-2H3;(H,6,7). The molecular weight excluding hydrogens is 529 g/mol. The first-order valence-corrected chi connectivity index (χ1v) is 12.3. The normalized spacial score (nSPS) is 10.9. The number of quaternary nitrogens is 1. The molecule has 8 nitrogen and oxygen atoms in total. The molecule has 0 spiro atoms. The van der Waals surface area contributed by atoms with Gasteiger partial charge in [-0.2, -0.15) is 13.2 Å². The van der Waals surface area contributed by atoms with E-state index in [4.69, 9.17) is 23.8 Å². The summed E-state index contributed by atoms with van der Waals surface area (Å²) in [6.45, 7) is 1.41. The molecular formula is C29H29F3N2O6. The number of carbonyl (C=O) groups is 1. The lowest BCUT2D eigenvalue weighted by molar-refractivity contribution is -0.370. The number of ether oxygens (including phenoxy) is 2. The Kier molecular flexibility index (Phi) is 10.2. The Balaban J connectivity index is 0.000000559. The third kappa shape index (κ3) is 7.76. The number of hydrogen-bond acceptors (Lipinski definition) is 7. The van der Waals surface area contributed by atoms with Crippen LogP contribution in [0.5, 0.6) is 11.5 Å². The highest BCUT2D eigenvalue weighted by molar-refractivity contribution is 5.86. The van der Waals surface area contributed by atoms with E-state index in [0.717, 1.165) is 16.8 Å². The minimum atomic E-state index is -5.19. The van der Waals surface area contributed by atoms with E-state index in [1.807, 2.05) is 73.6 Å². The summed E-state index contributed by atoms with van der Waals surface area (Å²) in [6.07, 6.45) is -4.51. The number of benzene rings is 3. The van der Waals surface area contributed by atoms with Gasteiger partial charge >= 0.3 is 6.18 Å². The molecule has 3 aromatic carbocycles. The lowest BCUT2D eigenvalue weighted by atomic mass is 10.1. The van der Waals surface area contributed by atoms with Crippen molar-refractivity contribution in [2.45, 2.75) is 12.6 Å². The topological polar surface area (TPSA) is 120 Å². The van der Waals surface area contributed by atoms with Gasteiger partial charge in [0.25, 0.3) is 0 Å². The van der Waals surface area contributed by atoms with Crippen molar-refractivity contribution in [3.05, 3.63) is 88.6 Å². The second-order valence-electron chi connectivity index (χ2n) is 8.73. The third-order valence-corrected chi connectivity index (χ3v) is 5.60. The molecule has 0 aliphatic rings. The van der Waals surface area contributed by atoms with Crippen LogP contribution in [0.25, 0.3) is 22.3 Å². The Labute approximate surface area is 228 Å². The molecule has 4 aromatic rings. The van der Waals surface area contributed by atoms with Crippen molar-refractivity contribution in [3.8, 4) is 22.8 Å². The maximum atomic E-state index is 13.5. The summed E-state index contributed by atoms with van der Waals surface area (Å²) in [5.41, 5.74) is 6.98. The number of hydrogen-bond donors (Lipinski definition) is 1. The molecule has 40 heavy (non-hydrogen) atoms. The number of anilines is 1. The van der Waals surface area contributed by atoms with Crippen LogP contribution in [0.3, 0.4) is 0 Å². The summed E-state index contributed by atoms with van der Waals surface area (Å²) < 4.78 is 49.7. The largest absolute Gasteiger partial charge is 0.542 e. The van der Waals surface area contributed by atoms with Gasteiger partial charge in [-0.1, -0.05) is 36.4 Å². The fraction of sp³-hybridized carbons (Fsp3) is 0.241. The van der Waals surface area contributed by atoms with E-state index in [0.29, 0.717) is 48.7 Å². The molecule has 0 saturated carbocycles. The Morgan fingerprint density at radius 2 is 1.60 bits per heavy atom. The predicted molar refractivity (Wildman–Crippen MR) is 142 cm³/mol. The fourth-order valence-electron chi connectivity index (χ4n) is 3.62. The van der Waals surface area contributed by atoms with Crippen molar-refractivity contribution in [2.24, 2.45) is 0 Å². The monoisotopic (exact) mass is 558 g/mol. The zero-order valence-electron chi connectivity index (χ0n) is 22.0. The third-order valence-electron chi connectivity index (χ3n) is 5.60. The summed E-state index contributed by atoms with van der Waals surface area (Å²) in [7, 11) is 3.96. The van der Waals surface area contributed by atoms with Crippen molar-refractivity contribution < 1.29 is 42.7 Å². The van der Waals surface area contributed by atoms with Gasteiger partial charge in [0.1, 0.15) is 19.1 Å². The number of fused-ring (bicyclic) bond motifs is 1. The van der Waals surface area contributed by atoms with Gasteiger partial charge in [0.05, 0.1) is 12.0 Å². The van der Waals surface area contributed by atoms with Crippen LogP contribution in [-0.2, 0) is 11.2 Å². The molecule has 1 heterocycles. The molecule has 0 unspecified atom stereocenters. The van der Waals surface area contributed by atoms with E-state index in [2.05, 4.69) is 5.73 Å². The van der Waals surface area contributed by atoms with E-state index in [-0.39, 0.29) is 11.2 Å². The lowest BCUT2D eigenvalue weighted by Gasteiger charge is -2.15. The van der Waals surface area contributed by atoms with Crippen LogP contribution in [0, 0.1) is 0 Å². The predicted octanol–water partition coefficient (Wildman–Crippen LogP) is 3.07. The molecule has 11 heteroatoms. The molecule has 212 valence electrons. The lowest BCUT2D eigenvalue weighted by Crippen LogP contribution is -2.52. The minimum absolute atomic E-state index is 0.212. The summed E-state index contributed by atoms with van der Waals surface area (Å²) >= 11 is 0. The van der Waals surface area contributed by atoms with Crippen molar-refractivity contribution >= 4 is 22.6 Å². The van der Waals surface area contributed by atoms with E-state index in [1.54, 1.807) is 18.2 Å². The summed E-state index contributed by atoms with van der Waals surface area (Å²) in [4.78, 5) is 24.3. The average molecular weight is 559 g/mol. The number of carboxylic acid groups (broad SMARTS) is 1. The molecule has 0 amide bonds. The van der Waals surface area contributed by atoms with Gasteiger partial charge in [-0.3, -0.25) is 4.79 Å². The molecule has 3 N–H and O–H groups in total. The van der Waals surface area contributed by atoms with Crippen LogP contribution in [0.2, 0.25) is 0 Å². The molecule has 1 aromatic heterocycles. The van der Waals surface area contributed by atoms with Crippen LogP contribution < -0.4 is 30.6 Å². The zero-order chi connectivity index (χ0) is 29.3. The maximum Gasteiger partial charge on any atom is 0.430 e. The van der Waals surface area contributed by atoms with Gasteiger partial charge < -0.3 is 34.4 Å². The molecule has 0 radical (unpaired) electrons. The smallest absolute Gasteiger partial charge is 0.430 e. The van der Waals surface area contributed by atoms with Crippen molar-refractivity contribution in [1.29, 1.82) is 0 Å². The van der Waals surface area contributed by atoms with E-state index >= 15 is 0 Å². The van der Waals surface area contributed by atoms with Crippen molar-refractivity contribution in [1.82, 2.24) is 0 Å². The number of aliphatic carboxylic acids is 1. The first-order valence-electron chi connectivity index (χ1n) is 12.3. The molecule has 0 atom stereocenters. The maximum absolute atomic E-state index is 13.5. The second-order valence-corrected chi connectivity index (χ2v) is 8.73. The van der Waals surface area contributed by atoms with E-state index < -0.39 is 12.1 Å². The van der Waals surface area contributed by atoms with Crippen LogP contribution in [-0.4, -0.2) is 46.0 Å². The van der Waals surface area contributed by atoms with Gasteiger partial charge in [-0.05, 0) is 42.0 Å². The number of nitrogens with zero attached hydrogens (tertiary/aromatic N) is 1. The SMILES string of the molecule is CN(C)c1ccc(-c2oc3c(OCC[NH3+])cccc3c(=O)c2OCCc2ccccc2)cc1.O=C([O-])C(F)(F)F. The van der Waals surface area contributed by atoms with Gasteiger partial charge in [0.15, 0.2) is 17.1 Å². The average Bonchev–Trinajstić information content (AvgIpc) is 2.93. The molecule has 4 rings (SSSR count). The Morgan fingerprint density at radius 1 is 0.950 bits per heavy atom. The van der Waals surface area contributed by atoms with E-state index in [9.17, 15) is 18.0 Å². The van der Waals surface area contributed by atoms with Crippen LogP contribution in [0.1, 0.15) is 5.56 Å². The highest BCUT2D eigenvalue weighted by Gasteiger charge is 2.28. The zero-order valence-corrected chi connectivity index (χ0v) is 22.0. The molecule has 0 aliphatic carbocycles. The van der Waals surface area contributed by atoms with Crippen molar-refractivity contribution in [3.63, 3.8) is 0 Å². The second kappa shape index (κ2) is 13.5. The van der Waals surface area contributed by atoms with Crippen LogP contribution >= 0.6 is 0 Å². The number of para-hydroxylation sites is 1. The number of halogens is 3. The highest BCUT2D eigenvalue weighted by atomic mass is 19.4. The first-order chi connectivity index (χ1) is 19.0. The van der Waals surface area contributed by atoms with Gasteiger partial charge in [0, 0.05) is 31.8 Å². The number of carbonyl (C=O) groups excluding carboxylic acids is 1. The van der Waals surface area contributed by atoms with E-state index in [1.165, 1.54) is 0 Å². The summed E-state index contributed by atoms with van der Waals surface area (Å²) in [5.74, 6) is -1.87. The van der Waals surface area contributed by atoms with Crippen LogP contribution in [0.15, 0.2) is 82.0 Å². The molecule has 0 bridgehead atoms. The Morgan fingerprint density at radius 3 is 2.17 bits per heavy atom. The van der Waals surface area contributed by atoms with Gasteiger partial charge in [-0.15, -0.1) is 0 Å². The highest BCUT2D eigenvalue weighted by Crippen LogP contribution is 2.35. The molecule has 0 saturated heterocycles. The molecule has 0 fully saturated rings. The fourth-order valence-corrected chi connectivity index (χ4v) is 3.62. The van der Waals surface area contributed by atoms with Crippen molar-refractivity contribution in [2.75, 3.05) is 38.8 Å². The van der Waals surface area contributed by atoms with Gasteiger partial charge in [0.2, 0.25) is 11.2 Å². The Bertz CT molecular complexity index is 1470. The number of alkyl halides is 3. The number of rotatable bonds is 9. The van der Waals surface area contributed by atoms with Crippen LogP contribution in [0.4, 0.5) is 18.9 Å². The molecule has 0 aliphatic heterocycles. The summed E-state index contributed by atoms with van der Waals surface area (Å²) in [6, 6.07) is 23.2. The Hall–Kier alpha value is -4.51. The number of carboxylic acids is 1. The van der Waals surface area contributed by atoms with Gasteiger partial charge in [-0.25, -0.2) is 0 Å². The quantitative estimate of drug-likeness (QED) is 0.335. The summed E-state index contributed by atoms with van der Waals surface area (Å²) in [5, 5.41) is 9.22. The minimum Gasteiger partial charge on any atom is -0.542 e.